The molecule has 0 saturated heterocycles. The van der Waals surface area contributed by atoms with Crippen LogP contribution in [0.2, 0.25) is 0 Å². The minimum Gasteiger partial charge on any atom is -0.494 e. The first-order chi connectivity index (χ1) is 16.3. The third-order valence-electron chi connectivity index (χ3n) is 4.86. The number of amides is 1. The van der Waals surface area contributed by atoms with Gasteiger partial charge in [-0.3, -0.25) is 10.1 Å². The van der Waals surface area contributed by atoms with E-state index in [4.69, 9.17) is 17.0 Å². The summed E-state index contributed by atoms with van der Waals surface area (Å²) in [6.45, 7) is 2.84. The monoisotopic (exact) mass is 497 g/mol. The van der Waals surface area contributed by atoms with Crippen LogP contribution in [-0.4, -0.2) is 37.4 Å². The van der Waals surface area contributed by atoms with E-state index < -0.39 is 10.0 Å². The average molecular weight is 498 g/mol. The van der Waals surface area contributed by atoms with Crippen molar-refractivity contribution in [1.29, 1.82) is 0 Å². The highest BCUT2D eigenvalue weighted by Crippen LogP contribution is 2.19. The molecule has 0 unspecified atom stereocenters. The van der Waals surface area contributed by atoms with E-state index in [0.29, 0.717) is 23.6 Å². The molecule has 1 amide bonds. The van der Waals surface area contributed by atoms with Gasteiger partial charge >= 0.3 is 0 Å². The van der Waals surface area contributed by atoms with E-state index >= 15 is 0 Å². The van der Waals surface area contributed by atoms with Gasteiger partial charge in [0.2, 0.25) is 10.0 Å². The summed E-state index contributed by atoms with van der Waals surface area (Å²) in [6.07, 6.45) is 0.869. The molecule has 0 aliphatic heterocycles. The summed E-state index contributed by atoms with van der Waals surface area (Å²) < 4.78 is 32.6. The minimum absolute atomic E-state index is 0.0988. The largest absolute Gasteiger partial charge is 0.494 e. The predicted octanol–water partition coefficient (Wildman–Crippen LogP) is 4.42. The Labute approximate surface area is 205 Å². The average Bonchev–Trinajstić information content (AvgIpc) is 2.83. The quantitative estimate of drug-likeness (QED) is 0.426. The molecule has 0 heterocycles. The van der Waals surface area contributed by atoms with Crippen LogP contribution >= 0.6 is 12.2 Å². The van der Waals surface area contributed by atoms with Crippen molar-refractivity contribution in [1.82, 2.24) is 9.62 Å². The third-order valence-corrected chi connectivity index (χ3v) is 6.89. The second-order valence-electron chi connectivity index (χ2n) is 7.56. The fourth-order valence-electron chi connectivity index (χ4n) is 3.10. The van der Waals surface area contributed by atoms with Gasteiger partial charge in [-0.25, -0.2) is 8.42 Å². The van der Waals surface area contributed by atoms with E-state index in [-0.39, 0.29) is 22.5 Å². The second kappa shape index (κ2) is 11.7. The summed E-state index contributed by atoms with van der Waals surface area (Å²) in [6, 6.07) is 22.4. The minimum atomic E-state index is -3.66. The van der Waals surface area contributed by atoms with Gasteiger partial charge < -0.3 is 10.1 Å². The van der Waals surface area contributed by atoms with Crippen molar-refractivity contribution in [2.45, 2.75) is 24.8 Å². The first-order valence-electron chi connectivity index (χ1n) is 10.7. The van der Waals surface area contributed by atoms with E-state index in [2.05, 4.69) is 10.6 Å². The zero-order valence-corrected chi connectivity index (χ0v) is 20.7. The van der Waals surface area contributed by atoms with Crippen LogP contribution in [0, 0.1) is 0 Å². The van der Waals surface area contributed by atoms with Crippen molar-refractivity contribution in [3.63, 3.8) is 0 Å². The Kier molecular flexibility index (Phi) is 8.75. The van der Waals surface area contributed by atoms with Crippen LogP contribution in [0.3, 0.4) is 0 Å². The van der Waals surface area contributed by atoms with Crippen molar-refractivity contribution >= 4 is 38.9 Å². The molecule has 0 fully saturated rings. The summed E-state index contributed by atoms with van der Waals surface area (Å²) in [5, 5.41) is 5.62. The first kappa shape index (κ1) is 25.4. The van der Waals surface area contributed by atoms with E-state index in [1.165, 1.54) is 16.4 Å². The number of thiocarbonyl (C=S) groups is 1. The molecule has 3 aromatic carbocycles. The highest BCUT2D eigenvalue weighted by molar-refractivity contribution is 7.89. The first-order valence-corrected chi connectivity index (χ1v) is 12.6. The Morgan fingerprint density at radius 2 is 1.71 bits per heavy atom. The van der Waals surface area contributed by atoms with Gasteiger partial charge in [0.1, 0.15) is 5.75 Å². The topological polar surface area (TPSA) is 87.7 Å². The van der Waals surface area contributed by atoms with E-state index in [0.717, 1.165) is 12.0 Å². The molecule has 3 rings (SSSR count). The Balaban J connectivity index is 1.59. The van der Waals surface area contributed by atoms with Crippen LogP contribution in [0.15, 0.2) is 83.8 Å². The molecule has 0 radical (unpaired) electrons. The Bertz CT molecular complexity index is 1230. The van der Waals surface area contributed by atoms with Crippen LogP contribution in [-0.2, 0) is 16.6 Å². The standard InChI is InChI=1S/C25H27N3O4S2/c1-3-16-32-22-11-7-10-20(17-22)24(29)27-25(33)26-21-12-14-23(15-13-21)34(30,31)28(2)18-19-8-5-4-6-9-19/h4-15,17H,3,16,18H2,1-2H3,(H2,26,27,29,33). The molecule has 34 heavy (non-hydrogen) atoms. The van der Waals surface area contributed by atoms with Crippen molar-refractivity contribution in [3.8, 4) is 5.75 Å². The molecule has 0 aliphatic rings. The molecule has 0 spiro atoms. The van der Waals surface area contributed by atoms with Gasteiger partial charge in [-0.2, -0.15) is 4.31 Å². The number of carbonyl (C=O) groups is 1. The van der Waals surface area contributed by atoms with E-state index in [1.807, 2.05) is 37.3 Å². The lowest BCUT2D eigenvalue weighted by molar-refractivity contribution is 0.0977. The molecule has 0 atom stereocenters. The summed E-state index contributed by atoms with van der Waals surface area (Å²) in [5.41, 5.74) is 1.87. The summed E-state index contributed by atoms with van der Waals surface area (Å²) in [5.74, 6) is 0.239. The molecule has 9 heteroatoms. The number of nitrogens with one attached hydrogen (secondary N) is 2. The zero-order chi connectivity index (χ0) is 24.6. The van der Waals surface area contributed by atoms with Gasteiger partial charge in [-0.1, -0.05) is 43.3 Å². The van der Waals surface area contributed by atoms with Crippen molar-refractivity contribution in [2.75, 3.05) is 19.0 Å². The summed E-state index contributed by atoms with van der Waals surface area (Å²) in [7, 11) is -2.11. The molecule has 178 valence electrons. The number of anilines is 1. The van der Waals surface area contributed by atoms with Crippen molar-refractivity contribution < 1.29 is 17.9 Å². The maximum Gasteiger partial charge on any atom is 0.257 e. The summed E-state index contributed by atoms with van der Waals surface area (Å²) >= 11 is 5.24. The van der Waals surface area contributed by atoms with Gasteiger partial charge in [-0.05, 0) is 66.7 Å². The number of carbonyl (C=O) groups excluding carboxylic acids is 1. The zero-order valence-electron chi connectivity index (χ0n) is 19.0. The van der Waals surface area contributed by atoms with Crippen molar-refractivity contribution in [3.05, 3.63) is 90.0 Å². The molecular weight excluding hydrogens is 470 g/mol. The number of rotatable bonds is 9. The molecule has 0 aliphatic carbocycles. The summed E-state index contributed by atoms with van der Waals surface area (Å²) in [4.78, 5) is 12.7. The maximum atomic E-state index is 12.9. The normalized spacial score (nSPS) is 11.1. The molecule has 0 aromatic heterocycles. The van der Waals surface area contributed by atoms with Gasteiger partial charge in [0, 0.05) is 24.8 Å². The Hall–Kier alpha value is -3.27. The SMILES string of the molecule is CCCOc1cccc(C(=O)NC(=S)Nc2ccc(S(=O)(=O)N(C)Cc3ccccc3)cc2)c1. The van der Waals surface area contributed by atoms with Gasteiger partial charge in [0.05, 0.1) is 11.5 Å². The highest BCUT2D eigenvalue weighted by atomic mass is 32.2. The number of benzene rings is 3. The van der Waals surface area contributed by atoms with Gasteiger partial charge in [0.15, 0.2) is 5.11 Å². The van der Waals surface area contributed by atoms with Gasteiger partial charge in [-0.15, -0.1) is 0 Å². The molecule has 3 aromatic rings. The Morgan fingerprint density at radius 3 is 2.38 bits per heavy atom. The van der Waals surface area contributed by atoms with Crippen LogP contribution in [0.4, 0.5) is 5.69 Å². The van der Waals surface area contributed by atoms with Crippen LogP contribution in [0.5, 0.6) is 5.75 Å². The second-order valence-corrected chi connectivity index (χ2v) is 10.0. The van der Waals surface area contributed by atoms with Crippen molar-refractivity contribution in [2.24, 2.45) is 0 Å². The lowest BCUT2D eigenvalue weighted by Gasteiger charge is -2.18. The third kappa shape index (κ3) is 6.86. The molecule has 0 saturated carbocycles. The fourth-order valence-corrected chi connectivity index (χ4v) is 4.47. The maximum absolute atomic E-state index is 12.9. The van der Waals surface area contributed by atoms with E-state index in [9.17, 15) is 13.2 Å². The number of hydrogen-bond donors (Lipinski definition) is 2. The molecule has 0 bridgehead atoms. The number of hydrogen-bond acceptors (Lipinski definition) is 5. The van der Waals surface area contributed by atoms with Crippen LogP contribution in [0.25, 0.3) is 0 Å². The smallest absolute Gasteiger partial charge is 0.257 e. The van der Waals surface area contributed by atoms with Gasteiger partial charge in [0.25, 0.3) is 5.91 Å². The lowest BCUT2D eigenvalue weighted by Crippen LogP contribution is -2.34. The van der Waals surface area contributed by atoms with E-state index in [1.54, 1.807) is 43.4 Å². The highest BCUT2D eigenvalue weighted by Gasteiger charge is 2.21. The fraction of sp³-hybridized carbons (Fsp3) is 0.200. The van der Waals surface area contributed by atoms with Crippen LogP contribution in [0.1, 0.15) is 29.3 Å². The number of sulfonamides is 1. The van der Waals surface area contributed by atoms with Crippen LogP contribution < -0.4 is 15.4 Å². The molecule has 2 N–H and O–H groups in total. The number of ether oxygens (including phenoxy) is 1. The Morgan fingerprint density at radius 1 is 1.00 bits per heavy atom. The number of nitrogens with zero attached hydrogens (tertiary/aromatic N) is 1. The predicted molar refractivity (Wildman–Crippen MR) is 137 cm³/mol. The molecule has 7 nitrogen and oxygen atoms in total. The molecular formula is C25H27N3O4S2. The lowest BCUT2D eigenvalue weighted by atomic mass is 10.2.